The first-order valence-corrected chi connectivity index (χ1v) is 12.0. The zero-order chi connectivity index (χ0) is 24.1. The molecule has 2 aliphatic rings. The number of hydrogen-bond donors (Lipinski definition) is 2. The number of methoxy groups -OCH3 is 1. The zero-order valence-corrected chi connectivity index (χ0v) is 19.6. The minimum absolute atomic E-state index is 0.0410. The van der Waals surface area contributed by atoms with Crippen molar-refractivity contribution in [2.45, 2.75) is 56.6 Å². The Balaban J connectivity index is 1.35. The van der Waals surface area contributed by atoms with Crippen LogP contribution in [-0.4, -0.2) is 47.6 Å². The number of nitrogens with one attached hydrogen (secondary N) is 1. The molecule has 0 saturated carbocycles. The van der Waals surface area contributed by atoms with E-state index in [1.807, 2.05) is 35.2 Å². The lowest BCUT2D eigenvalue weighted by Crippen LogP contribution is -2.46. The SMILES string of the molecule is COc1ccc(F)c(C[C@]2(CCC(=O)N3CCC([C@H](O)c4ccccc4)CC3)CCC(=O)N2)c1. The van der Waals surface area contributed by atoms with E-state index >= 15 is 0 Å². The first-order chi connectivity index (χ1) is 16.4. The van der Waals surface area contributed by atoms with Crippen LogP contribution < -0.4 is 10.1 Å². The summed E-state index contributed by atoms with van der Waals surface area (Å²) in [6.45, 7) is 1.22. The fourth-order valence-electron chi connectivity index (χ4n) is 5.25. The maximum absolute atomic E-state index is 14.5. The van der Waals surface area contributed by atoms with E-state index in [0.717, 1.165) is 18.4 Å². The quantitative estimate of drug-likeness (QED) is 0.618. The Hall–Kier alpha value is -2.93. The van der Waals surface area contributed by atoms with Crippen molar-refractivity contribution in [3.8, 4) is 5.75 Å². The number of benzene rings is 2. The van der Waals surface area contributed by atoms with Gasteiger partial charge in [0, 0.05) is 31.5 Å². The van der Waals surface area contributed by atoms with E-state index in [1.54, 1.807) is 12.1 Å². The van der Waals surface area contributed by atoms with Gasteiger partial charge in [0.05, 0.1) is 13.2 Å². The molecule has 2 atom stereocenters. The molecule has 0 aromatic heterocycles. The summed E-state index contributed by atoms with van der Waals surface area (Å²) in [5, 5.41) is 13.7. The molecular formula is C27H33FN2O4. The lowest BCUT2D eigenvalue weighted by molar-refractivity contribution is -0.134. The fraction of sp³-hybridized carbons (Fsp3) is 0.481. The van der Waals surface area contributed by atoms with E-state index in [9.17, 15) is 19.1 Å². The molecule has 2 N–H and O–H groups in total. The molecule has 2 heterocycles. The lowest BCUT2D eigenvalue weighted by Gasteiger charge is -2.35. The van der Waals surface area contributed by atoms with Crippen LogP contribution in [0.1, 0.15) is 55.8 Å². The molecule has 2 aromatic carbocycles. The molecule has 4 rings (SSSR count). The molecule has 0 unspecified atom stereocenters. The zero-order valence-electron chi connectivity index (χ0n) is 19.6. The van der Waals surface area contributed by atoms with Crippen LogP contribution in [-0.2, 0) is 16.0 Å². The molecule has 182 valence electrons. The summed E-state index contributed by atoms with van der Waals surface area (Å²) in [4.78, 5) is 26.9. The molecule has 2 saturated heterocycles. The van der Waals surface area contributed by atoms with Crippen molar-refractivity contribution in [3.05, 3.63) is 65.5 Å². The normalized spacial score (nSPS) is 21.9. The monoisotopic (exact) mass is 468 g/mol. The van der Waals surface area contributed by atoms with Crippen molar-refractivity contribution < 1.29 is 23.8 Å². The van der Waals surface area contributed by atoms with Crippen molar-refractivity contribution in [1.29, 1.82) is 0 Å². The van der Waals surface area contributed by atoms with Crippen LogP contribution in [0.5, 0.6) is 5.75 Å². The Kier molecular flexibility index (Phi) is 7.51. The van der Waals surface area contributed by atoms with Crippen LogP contribution in [0, 0.1) is 11.7 Å². The maximum atomic E-state index is 14.5. The number of ether oxygens (including phenoxy) is 1. The van der Waals surface area contributed by atoms with Crippen LogP contribution in [0.4, 0.5) is 4.39 Å². The number of hydrogen-bond acceptors (Lipinski definition) is 4. The number of amides is 2. The molecule has 0 bridgehead atoms. The number of aliphatic hydroxyl groups excluding tert-OH is 1. The van der Waals surface area contributed by atoms with Gasteiger partial charge in [0.15, 0.2) is 0 Å². The second-order valence-electron chi connectivity index (χ2n) is 9.54. The second kappa shape index (κ2) is 10.6. The minimum atomic E-state index is -0.637. The van der Waals surface area contributed by atoms with Crippen LogP contribution in [0.3, 0.4) is 0 Å². The van der Waals surface area contributed by atoms with Crippen LogP contribution in [0.2, 0.25) is 0 Å². The van der Waals surface area contributed by atoms with Gasteiger partial charge < -0.3 is 20.1 Å². The van der Waals surface area contributed by atoms with Gasteiger partial charge in [-0.05, 0) is 67.3 Å². The van der Waals surface area contributed by atoms with Crippen molar-refractivity contribution in [1.82, 2.24) is 10.2 Å². The van der Waals surface area contributed by atoms with E-state index in [-0.39, 0.29) is 30.0 Å². The number of likely N-dealkylation sites (tertiary alicyclic amines) is 1. The first kappa shape index (κ1) is 24.2. The Morgan fingerprint density at radius 1 is 1.24 bits per heavy atom. The molecule has 34 heavy (non-hydrogen) atoms. The lowest BCUT2D eigenvalue weighted by atomic mass is 9.84. The number of halogens is 1. The Morgan fingerprint density at radius 3 is 2.62 bits per heavy atom. The molecule has 0 aliphatic carbocycles. The van der Waals surface area contributed by atoms with E-state index in [4.69, 9.17) is 4.74 Å². The summed E-state index contributed by atoms with van der Waals surface area (Å²) in [5.41, 5.74) is 0.752. The van der Waals surface area contributed by atoms with Gasteiger partial charge >= 0.3 is 0 Å². The minimum Gasteiger partial charge on any atom is -0.497 e. The third-order valence-corrected chi connectivity index (χ3v) is 7.31. The van der Waals surface area contributed by atoms with E-state index in [0.29, 0.717) is 50.1 Å². The maximum Gasteiger partial charge on any atom is 0.222 e. The van der Waals surface area contributed by atoms with Gasteiger partial charge in [-0.1, -0.05) is 30.3 Å². The Bertz CT molecular complexity index is 1010. The van der Waals surface area contributed by atoms with Gasteiger partial charge in [-0.3, -0.25) is 9.59 Å². The third kappa shape index (κ3) is 5.58. The standard InChI is InChI=1S/C27H33FN2O4/c1-34-22-7-8-23(28)21(17-22)18-27(13-9-24(31)29-27)14-10-25(32)30-15-11-20(12-16-30)26(33)19-5-3-2-4-6-19/h2-8,17,20,26,33H,9-16,18H2,1H3,(H,29,31)/t26-,27-/m1/s1. The molecule has 6 nitrogen and oxygen atoms in total. The summed E-state index contributed by atoms with van der Waals surface area (Å²) in [5.74, 6) is 0.327. The first-order valence-electron chi connectivity index (χ1n) is 12.0. The molecule has 2 aliphatic heterocycles. The highest BCUT2D eigenvalue weighted by Crippen LogP contribution is 2.33. The molecular weight excluding hydrogens is 435 g/mol. The summed E-state index contributed by atoms with van der Waals surface area (Å²) >= 11 is 0. The number of carbonyl (C=O) groups is 2. The molecule has 2 fully saturated rings. The van der Waals surface area contributed by atoms with E-state index < -0.39 is 11.6 Å². The highest BCUT2D eigenvalue weighted by Gasteiger charge is 2.39. The number of rotatable bonds is 8. The van der Waals surface area contributed by atoms with Gasteiger partial charge in [0.2, 0.25) is 11.8 Å². The summed E-state index contributed by atoms with van der Waals surface area (Å²) in [6, 6.07) is 14.2. The van der Waals surface area contributed by atoms with Crippen LogP contribution >= 0.6 is 0 Å². The second-order valence-corrected chi connectivity index (χ2v) is 9.54. The fourth-order valence-corrected chi connectivity index (χ4v) is 5.25. The van der Waals surface area contributed by atoms with Crippen molar-refractivity contribution in [2.75, 3.05) is 20.2 Å². The van der Waals surface area contributed by atoms with E-state index in [2.05, 4.69) is 5.32 Å². The van der Waals surface area contributed by atoms with Gasteiger partial charge in [0.1, 0.15) is 11.6 Å². The molecule has 0 spiro atoms. The predicted octanol–water partition coefficient (Wildman–Crippen LogP) is 3.78. The molecule has 2 amide bonds. The third-order valence-electron chi connectivity index (χ3n) is 7.31. The smallest absolute Gasteiger partial charge is 0.222 e. The largest absolute Gasteiger partial charge is 0.497 e. The Morgan fingerprint density at radius 2 is 1.97 bits per heavy atom. The van der Waals surface area contributed by atoms with Gasteiger partial charge in [-0.15, -0.1) is 0 Å². The van der Waals surface area contributed by atoms with Crippen molar-refractivity contribution in [3.63, 3.8) is 0 Å². The average molecular weight is 469 g/mol. The summed E-state index contributed by atoms with van der Waals surface area (Å²) < 4.78 is 19.7. The Labute approximate surface area is 200 Å². The molecule has 2 aromatic rings. The average Bonchev–Trinajstić information content (AvgIpc) is 3.24. The summed E-state index contributed by atoms with van der Waals surface area (Å²) in [6.07, 6.45) is 2.99. The topological polar surface area (TPSA) is 78.9 Å². The number of carbonyl (C=O) groups excluding carboxylic acids is 2. The predicted molar refractivity (Wildman–Crippen MR) is 127 cm³/mol. The van der Waals surface area contributed by atoms with Crippen molar-refractivity contribution in [2.24, 2.45) is 5.92 Å². The van der Waals surface area contributed by atoms with Crippen molar-refractivity contribution >= 4 is 11.8 Å². The number of aliphatic hydroxyl groups is 1. The summed E-state index contributed by atoms with van der Waals surface area (Å²) in [7, 11) is 1.53. The highest BCUT2D eigenvalue weighted by atomic mass is 19.1. The van der Waals surface area contributed by atoms with Gasteiger partial charge in [-0.2, -0.15) is 0 Å². The molecule has 0 radical (unpaired) electrons. The van der Waals surface area contributed by atoms with Crippen LogP contribution in [0.15, 0.2) is 48.5 Å². The van der Waals surface area contributed by atoms with Gasteiger partial charge in [0.25, 0.3) is 0 Å². The number of piperidine rings is 1. The van der Waals surface area contributed by atoms with Crippen LogP contribution in [0.25, 0.3) is 0 Å². The number of nitrogens with zero attached hydrogens (tertiary/aromatic N) is 1. The molecule has 7 heteroatoms. The highest BCUT2D eigenvalue weighted by molar-refractivity contribution is 5.80. The van der Waals surface area contributed by atoms with Gasteiger partial charge in [-0.25, -0.2) is 4.39 Å². The van der Waals surface area contributed by atoms with E-state index in [1.165, 1.54) is 13.2 Å².